The molecule has 0 aliphatic carbocycles. The Morgan fingerprint density at radius 3 is 1.08 bits per heavy atom. The minimum absolute atomic E-state index is 0.304. The van der Waals surface area contributed by atoms with Gasteiger partial charge in [0.15, 0.2) is 0 Å². The van der Waals surface area contributed by atoms with Gasteiger partial charge in [0.1, 0.15) is 18.3 Å². The molecule has 14 nitrogen and oxygen atoms in total. The Morgan fingerprint density at radius 2 is 0.750 bits per heavy atom. The third-order valence-electron chi connectivity index (χ3n) is 13.8. The number of carbonyl (C=O) groups excluding carboxylic acids is 5. The lowest BCUT2D eigenvalue weighted by Crippen LogP contribution is -2.53. The number of hydrogen-bond acceptors (Lipinski definition) is 14. The number of rotatable bonds is 29. The van der Waals surface area contributed by atoms with Crippen molar-refractivity contribution in [1.29, 1.82) is 0 Å². The van der Waals surface area contributed by atoms with Crippen molar-refractivity contribution in [3.8, 4) is 0 Å². The average Bonchev–Trinajstić information content (AvgIpc) is 1.20. The normalized spacial score (nSPS) is 17.1. The fourth-order valence-corrected chi connectivity index (χ4v) is 9.22. The molecule has 0 heterocycles. The van der Waals surface area contributed by atoms with Crippen LogP contribution in [0.3, 0.4) is 0 Å². The maximum Gasteiger partial charge on any atom is 0.432 e. The molecule has 0 aliphatic heterocycles. The summed E-state index contributed by atoms with van der Waals surface area (Å²) >= 11 is 0. The molecule has 4 aromatic carbocycles. The zero-order valence-corrected chi connectivity index (χ0v) is 46.3. The van der Waals surface area contributed by atoms with Crippen LogP contribution in [0.2, 0.25) is 0 Å². The highest BCUT2D eigenvalue weighted by atomic mass is 19.4. The van der Waals surface area contributed by atoms with Crippen molar-refractivity contribution in [3.63, 3.8) is 0 Å². The number of benzene rings is 4. The predicted octanol–water partition coefficient (Wildman–Crippen LogP) is 12.0. The molecule has 4 rings (SSSR count). The summed E-state index contributed by atoms with van der Waals surface area (Å²) in [6, 6.07) is 21.9. The lowest BCUT2D eigenvalue weighted by Gasteiger charge is -2.36. The summed E-state index contributed by atoms with van der Waals surface area (Å²) in [4.78, 5) is 68.2. The number of carbonyl (C=O) groups is 5. The minimum Gasteiger partial charge on any atom is -0.466 e. The Balaban J connectivity index is 1.84. The van der Waals surface area contributed by atoms with Gasteiger partial charge in [0.25, 0.3) is 22.4 Å². The highest BCUT2D eigenvalue weighted by molar-refractivity contribution is 5.85. The SMILES string of the molecule is COC(=O)/C=C/[C@H](C)[C@@H](C[C@@H](CCC[C@H](CC[C@@H](C)COC(=O)[C@@](OC)(c1ccccc1)C(F)(F)F)OC(=O)[C@@](OC)(c1ccccc1)C(F)(F)F)OC(=O)[C@@](OC)(c1ccccc1)C(F)(F)F)OC(=O)[C@@](OC)(c1ccccc1)C(F)(F)F. The smallest absolute Gasteiger partial charge is 0.432 e. The Labute approximate surface area is 475 Å². The molecule has 0 aromatic heterocycles. The summed E-state index contributed by atoms with van der Waals surface area (Å²) in [6.07, 6.45) is -29.7. The molecule has 0 aliphatic rings. The van der Waals surface area contributed by atoms with Crippen LogP contribution in [0.1, 0.15) is 74.6 Å². The molecular weight excluding hydrogens is 1150 g/mol. The van der Waals surface area contributed by atoms with Crippen LogP contribution < -0.4 is 0 Å². The Hall–Kier alpha value is -7.03. The number of hydrogen-bond donors (Lipinski definition) is 0. The second-order valence-electron chi connectivity index (χ2n) is 19.2. The van der Waals surface area contributed by atoms with Crippen molar-refractivity contribution in [1.82, 2.24) is 0 Å². The minimum atomic E-state index is -5.62. The zero-order valence-electron chi connectivity index (χ0n) is 46.3. The van der Waals surface area contributed by atoms with Crippen molar-refractivity contribution in [2.45, 2.75) is 118 Å². The van der Waals surface area contributed by atoms with Gasteiger partial charge < -0.3 is 42.6 Å². The van der Waals surface area contributed by atoms with Crippen LogP contribution in [0.15, 0.2) is 133 Å². The molecule has 0 saturated heterocycles. The number of ether oxygens (including phenoxy) is 9. The van der Waals surface area contributed by atoms with Crippen LogP contribution in [0.25, 0.3) is 0 Å². The molecule has 462 valence electrons. The van der Waals surface area contributed by atoms with Crippen molar-refractivity contribution in [2.24, 2.45) is 11.8 Å². The van der Waals surface area contributed by atoms with E-state index in [4.69, 9.17) is 37.9 Å². The standard InChI is InChI=1S/C58H62F12O14/c1-37(36-81-47(72)51(77-4,55(59,60)61)39-21-12-8-13-22-39)31-33-43(82-48(73)52(78-5,56(62,63)64)40-23-14-9-15-24-40)29-20-30-44(83-49(74)53(79-6,57(65,66)67)41-25-16-10-17-26-41)35-45(38(2)32-34-46(71)76-3)84-50(75)54(80-7,58(68,69)70)42-27-18-11-19-28-42/h8-19,21-28,32,34,37-38,43-45H,20,29-31,33,35-36H2,1-7H3/b34-32+/t37-,38+,43-,44-,45-,51+,52+,53+,54+/m1/s1. The number of esters is 5. The number of halogens is 12. The zero-order chi connectivity index (χ0) is 63.0. The quantitative estimate of drug-likeness (QED) is 0.0218. The van der Waals surface area contributed by atoms with E-state index in [0.29, 0.717) is 28.4 Å². The maximum atomic E-state index is 15.4. The molecule has 84 heavy (non-hydrogen) atoms. The highest BCUT2D eigenvalue weighted by Crippen LogP contribution is 2.48. The van der Waals surface area contributed by atoms with E-state index in [1.54, 1.807) is 0 Å². The van der Waals surface area contributed by atoms with Crippen LogP contribution in [-0.2, 0) is 89.0 Å². The molecule has 0 fully saturated rings. The summed E-state index contributed by atoms with van der Waals surface area (Å²) in [5, 5.41) is 0. The molecule has 0 unspecified atom stereocenters. The molecule has 0 amide bonds. The number of alkyl halides is 12. The lowest BCUT2D eigenvalue weighted by atomic mass is 9.90. The van der Waals surface area contributed by atoms with E-state index >= 15 is 39.5 Å². The average molecular weight is 1210 g/mol. The van der Waals surface area contributed by atoms with Crippen LogP contribution in [0.4, 0.5) is 52.7 Å². The second kappa shape index (κ2) is 29.2. The van der Waals surface area contributed by atoms with E-state index in [1.807, 2.05) is 0 Å². The molecule has 0 radical (unpaired) electrons. The van der Waals surface area contributed by atoms with E-state index in [1.165, 1.54) is 50.2 Å². The molecule has 0 N–H and O–H groups in total. The van der Waals surface area contributed by atoms with Gasteiger partial charge in [0, 0.05) is 69.1 Å². The monoisotopic (exact) mass is 1210 g/mol. The Kier molecular flexibility index (Phi) is 24.1. The van der Waals surface area contributed by atoms with Gasteiger partial charge in [-0.15, -0.1) is 0 Å². The summed E-state index contributed by atoms with van der Waals surface area (Å²) < 4.78 is 227. The third kappa shape index (κ3) is 15.3. The largest absolute Gasteiger partial charge is 0.466 e. The first kappa shape index (κ1) is 69.5. The molecule has 26 heteroatoms. The highest BCUT2D eigenvalue weighted by Gasteiger charge is 2.67. The first-order valence-corrected chi connectivity index (χ1v) is 25.6. The van der Waals surface area contributed by atoms with Crippen molar-refractivity contribution >= 4 is 29.8 Å². The molecule has 0 saturated carbocycles. The van der Waals surface area contributed by atoms with E-state index < -0.39 is 168 Å². The van der Waals surface area contributed by atoms with Crippen LogP contribution in [0.5, 0.6) is 0 Å². The molecule has 0 spiro atoms. The van der Waals surface area contributed by atoms with Crippen molar-refractivity contribution in [3.05, 3.63) is 156 Å². The van der Waals surface area contributed by atoms with Crippen LogP contribution in [0, 0.1) is 11.8 Å². The topological polar surface area (TPSA) is 168 Å². The second-order valence-corrected chi connectivity index (χ2v) is 19.2. The Morgan fingerprint density at radius 1 is 0.429 bits per heavy atom. The molecule has 0 bridgehead atoms. The van der Waals surface area contributed by atoms with Crippen molar-refractivity contribution < 1.29 is 119 Å². The Bertz CT molecular complexity index is 2780. The molecule has 4 aromatic rings. The third-order valence-corrected chi connectivity index (χ3v) is 13.8. The predicted molar refractivity (Wildman–Crippen MR) is 273 cm³/mol. The van der Waals surface area contributed by atoms with Gasteiger partial charge in [-0.25, -0.2) is 24.0 Å². The lowest BCUT2D eigenvalue weighted by molar-refractivity contribution is -0.280. The van der Waals surface area contributed by atoms with E-state index in [9.17, 15) is 37.1 Å². The van der Waals surface area contributed by atoms with Crippen molar-refractivity contribution in [2.75, 3.05) is 42.2 Å². The van der Waals surface area contributed by atoms with Gasteiger partial charge in [-0.05, 0) is 38.0 Å². The molecule has 9 atom stereocenters. The van der Waals surface area contributed by atoms with Gasteiger partial charge in [-0.3, -0.25) is 0 Å². The fraction of sp³-hybridized carbons (Fsp3) is 0.466. The van der Waals surface area contributed by atoms with Crippen LogP contribution in [-0.4, -0.2) is 115 Å². The van der Waals surface area contributed by atoms with Gasteiger partial charge in [-0.1, -0.05) is 141 Å². The summed E-state index contributed by atoms with van der Waals surface area (Å²) in [7, 11) is 3.22. The van der Waals surface area contributed by atoms with Gasteiger partial charge in [-0.2, -0.15) is 52.7 Å². The van der Waals surface area contributed by atoms with Gasteiger partial charge >= 0.3 is 54.6 Å². The maximum absolute atomic E-state index is 15.4. The fourth-order valence-electron chi connectivity index (χ4n) is 9.22. The summed E-state index contributed by atoms with van der Waals surface area (Å²) in [6.45, 7) is 1.77. The molecular formula is C58H62F12O14. The summed E-state index contributed by atoms with van der Waals surface area (Å²) in [5.41, 5.74) is -18.2. The van der Waals surface area contributed by atoms with E-state index in [0.717, 1.165) is 104 Å². The summed E-state index contributed by atoms with van der Waals surface area (Å²) in [5.74, 6) is -11.6. The first-order valence-electron chi connectivity index (χ1n) is 25.6. The van der Waals surface area contributed by atoms with Gasteiger partial charge in [0.05, 0.1) is 13.7 Å². The van der Waals surface area contributed by atoms with E-state index in [2.05, 4.69) is 4.74 Å². The number of methoxy groups -OCH3 is 5. The van der Waals surface area contributed by atoms with E-state index in [-0.39, 0.29) is 6.42 Å². The first-order chi connectivity index (χ1) is 39.3. The van der Waals surface area contributed by atoms with Gasteiger partial charge in [0.2, 0.25) is 0 Å². The van der Waals surface area contributed by atoms with Crippen LogP contribution >= 0.6 is 0 Å².